The Morgan fingerprint density at radius 1 is 1.24 bits per heavy atom. The molecule has 0 heterocycles. The van der Waals surface area contributed by atoms with E-state index in [4.69, 9.17) is 4.74 Å². The summed E-state index contributed by atoms with van der Waals surface area (Å²) in [5.41, 5.74) is 0.888. The Morgan fingerprint density at radius 3 is 2.48 bits per heavy atom. The molecule has 6 heteroatoms. The molecular formula is C15H26N2O3S. The molecule has 1 N–H and O–H groups in total. The zero-order valence-corrected chi connectivity index (χ0v) is 14.2. The van der Waals surface area contributed by atoms with Gasteiger partial charge in [0.25, 0.3) is 0 Å². The molecule has 0 saturated heterocycles. The Hall–Kier alpha value is -1.11. The zero-order chi connectivity index (χ0) is 15.9. The Bertz CT molecular complexity index is 540. The lowest BCUT2D eigenvalue weighted by molar-refractivity contribution is 0.300. The number of hydrogen-bond acceptors (Lipinski definition) is 4. The molecule has 0 radical (unpaired) electrons. The zero-order valence-electron chi connectivity index (χ0n) is 13.3. The van der Waals surface area contributed by atoms with E-state index in [2.05, 4.69) is 23.5 Å². The Labute approximate surface area is 128 Å². The average Bonchev–Trinajstić information content (AvgIpc) is 2.47. The summed E-state index contributed by atoms with van der Waals surface area (Å²) in [5, 5.41) is 0. The van der Waals surface area contributed by atoms with Crippen molar-refractivity contribution in [3.63, 3.8) is 0 Å². The van der Waals surface area contributed by atoms with Crippen molar-refractivity contribution in [2.45, 2.75) is 32.1 Å². The molecule has 0 bridgehead atoms. The summed E-state index contributed by atoms with van der Waals surface area (Å²) in [7, 11) is -2.05. The maximum atomic E-state index is 12.3. The van der Waals surface area contributed by atoms with E-state index in [0.717, 1.165) is 31.6 Å². The van der Waals surface area contributed by atoms with Gasteiger partial charge in [-0.1, -0.05) is 19.9 Å². The molecule has 1 aromatic carbocycles. The number of hydrogen-bond donors (Lipinski definition) is 1. The van der Waals surface area contributed by atoms with E-state index in [1.54, 1.807) is 12.1 Å². The first kappa shape index (κ1) is 17.9. The third kappa shape index (κ3) is 5.30. The molecule has 0 atom stereocenters. The van der Waals surface area contributed by atoms with E-state index < -0.39 is 10.0 Å². The van der Waals surface area contributed by atoms with E-state index in [1.807, 2.05) is 13.0 Å². The van der Waals surface area contributed by atoms with E-state index in [-0.39, 0.29) is 4.90 Å². The van der Waals surface area contributed by atoms with Crippen LogP contribution in [0.4, 0.5) is 0 Å². The summed E-state index contributed by atoms with van der Waals surface area (Å²) >= 11 is 0. The second kappa shape index (κ2) is 8.36. The minimum absolute atomic E-state index is 0.202. The molecule has 0 unspecified atom stereocenters. The van der Waals surface area contributed by atoms with E-state index in [1.165, 1.54) is 7.11 Å². The van der Waals surface area contributed by atoms with Crippen LogP contribution in [0.5, 0.6) is 5.75 Å². The van der Waals surface area contributed by atoms with E-state index in [9.17, 15) is 8.42 Å². The van der Waals surface area contributed by atoms with Crippen molar-refractivity contribution in [3.05, 3.63) is 23.8 Å². The van der Waals surface area contributed by atoms with Gasteiger partial charge in [0.2, 0.25) is 10.0 Å². The largest absolute Gasteiger partial charge is 0.495 e. The van der Waals surface area contributed by atoms with Crippen LogP contribution in [-0.4, -0.2) is 46.6 Å². The first-order chi connectivity index (χ1) is 9.94. The second-order valence-corrected chi connectivity index (χ2v) is 6.67. The highest BCUT2D eigenvalue weighted by atomic mass is 32.2. The van der Waals surface area contributed by atoms with Crippen molar-refractivity contribution in [1.29, 1.82) is 0 Å². The predicted molar refractivity (Wildman–Crippen MR) is 85.3 cm³/mol. The molecule has 0 spiro atoms. The van der Waals surface area contributed by atoms with Gasteiger partial charge in [-0.3, -0.25) is 0 Å². The molecule has 5 nitrogen and oxygen atoms in total. The minimum atomic E-state index is -3.53. The van der Waals surface area contributed by atoms with Gasteiger partial charge in [0.05, 0.1) is 7.11 Å². The van der Waals surface area contributed by atoms with Crippen molar-refractivity contribution in [2.24, 2.45) is 0 Å². The fourth-order valence-corrected chi connectivity index (χ4v) is 3.45. The topological polar surface area (TPSA) is 58.6 Å². The summed E-state index contributed by atoms with van der Waals surface area (Å²) in [6.45, 7) is 9.34. The molecular weight excluding hydrogens is 288 g/mol. The summed E-state index contributed by atoms with van der Waals surface area (Å²) < 4.78 is 32.5. The quantitative estimate of drug-likeness (QED) is 0.708. The lowest BCUT2D eigenvalue weighted by Crippen LogP contribution is -2.30. The Kier molecular flexibility index (Phi) is 7.14. The smallest absolute Gasteiger partial charge is 0.244 e. The van der Waals surface area contributed by atoms with Crippen molar-refractivity contribution in [2.75, 3.05) is 33.3 Å². The highest BCUT2D eigenvalue weighted by Crippen LogP contribution is 2.24. The minimum Gasteiger partial charge on any atom is -0.495 e. The maximum Gasteiger partial charge on any atom is 0.244 e. The maximum absolute atomic E-state index is 12.3. The third-order valence-electron chi connectivity index (χ3n) is 3.45. The lowest BCUT2D eigenvalue weighted by atomic mass is 10.2. The molecule has 0 aliphatic rings. The van der Waals surface area contributed by atoms with Crippen molar-refractivity contribution >= 4 is 10.0 Å². The fraction of sp³-hybridized carbons (Fsp3) is 0.600. The van der Waals surface area contributed by atoms with Crippen LogP contribution in [0.3, 0.4) is 0 Å². The number of aryl methyl sites for hydroxylation is 1. The summed E-state index contributed by atoms with van der Waals surface area (Å²) in [6.07, 6.45) is 0.787. The van der Waals surface area contributed by atoms with Crippen molar-refractivity contribution in [1.82, 2.24) is 9.62 Å². The van der Waals surface area contributed by atoms with Gasteiger partial charge in [-0.15, -0.1) is 0 Å². The standard InChI is InChI=1S/C15H26N2O3S/c1-5-17(6-2)11-7-10-16-21(18,19)15-12-13(3)8-9-14(15)20-4/h8-9,12,16H,5-7,10-11H2,1-4H3. The molecule has 21 heavy (non-hydrogen) atoms. The van der Waals surface area contributed by atoms with Gasteiger partial charge in [0.1, 0.15) is 10.6 Å². The second-order valence-electron chi connectivity index (χ2n) is 4.93. The van der Waals surface area contributed by atoms with Crippen LogP contribution in [-0.2, 0) is 10.0 Å². The fourth-order valence-electron chi connectivity index (χ4n) is 2.12. The predicted octanol–water partition coefficient (Wildman–Crippen LogP) is 2.01. The number of benzene rings is 1. The van der Waals surface area contributed by atoms with E-state index in [0.29, 0.717) is 12.3 Å². The van der Waals surface area contributed by atoms with Crippen LogP contribution in [0.1, 0.15) is 25.8 Å². The van der Waals surface area contributed by atoms with Crippen LogP contribution in [0.2, 0.25) is 0 Å². The van der Waals surface area contributed by atoms with Gasteiger partial charge in [0, 0.05) is 6.54 Å². The van der Waals surface area contributed by atoms with Gasteiger partial charge < -0.3 is 9.64 Å². The first-order valence-electron chi connectivity index (χ1n) is 7.31. The molecule has 0 aliphatic carbocycles. The number of sulfonamides is 1. The van der Waals surface area contributed by atoms with Gasteiger partial charge in [-0.05, 0) is 50.7 Å². The van der Waals surface area contributed by atoms with Gasteiger partial charge in [-0.2, -0.15) is 0 Å². The SMILES string of the molecule is CCN(CC)CCCNS(=O)(=O)c1cc(C)ccc1OC. The van der Waals surface area contributed by atoms with Gasteiger partial charge >= 0.3 is 0 Å². The first-order valence-corrected chi connectivity index (χ1v) is 8.79. The van der Waals surface area contributed by atoms with Crippen molar-refractivity contribution in [3.8, 4) is 5.75 Å². The van der Waals surface area contributed by atoms with Gasteiger partial charge in [-0.25, -0.2) is 13.1 Å². The monoisotopic (exact) mass is 314 g/mol. The molecule has 120 valence electrons. The normalized spacial score (nSPS) is 11.9. The molecule has 1 rings (SSSR count). The van der Waals surface area contributed by atoms with Crippen LogP contribution < -0.4 is 9.46 Å². The van der Waals surface area contributed by atoms with E-state index >= 15 is 0 Å². The number of methoxy groups -OCH3 is 1. The molecule has 0 fully saturated rings. The number of nitrogens with zero attached hydrogens (tertiary/aromatic N) is 1. The summed E-state index contributed by atoms with van der Waals surface area (Å²) in [5.74, 6) is 0.372. The third-order valence-corrected chi connectivity index (χ3v) is 4.93. The molecule has 0 aliphatic heterocycles. The molecule has 0 aromatic heterocycles. The lowest BCUT2D eigenvalue weighted by Gasteiger charge is -2.18. The van der Waals surface area contributed by atoms with Crippen molar-refractivity contribution < 1.29 is 13.2 Å². The Morgan fingerprint density at radius 2 is 1.90 bits per heavy atom. The van der Waals surface area contributed by atoms with Crippen LogP contribution in [0, 0.1) is 6.92 Å². The van der Waals surface area contributed by atoms with Gasteiger partial charge in [0.15, 0.2) is 0 Å². The molecule has 0 saturated carbocycles. The summed E-state index contributed by atoms with van der Waals surface area (Å²) in [4.78, 5) is 2.47. The molecule has 0 amide bonds. The van der Waals surface area contributed by atoms with Crippen LogP contribution in [0.15, 0.2) is 23.1 Å². The van der Waals surface area contributed by atoms with Crippen LogP contribution in [0.25, 0.3) is 0 Å². The highest BCUT2D eigenvalue weighted by molar-refractivity contribution is 7.89. The Balaban J connectivity index is 2.68. The van der Waals surface area contributed by atoms with Crippen LogP contribution >= 0.6 is 0 Å². The average molecular weight is 314 g/mol. The summed E-state index contributed by atoms with van der Waals surface area (Å²) in [6, 6.07) is 5.14. The number of rotatable bonds is 9. The number of nitrogens with one attached hydrogen (secondary N) is 1. The molecule has 1 aromatic rings. The number of ether oxygens (including phenoxy) is 1. The highest BCUT2D eigenvalue weighted by Gasteiger charge is 2.19.